The third-order valence-corrected chi connectivity index (χ3v) is 5.65. The number of nitrogens with zero attached hydrogens (tertiary/aromatic N) is 2. The predicted octanol–water partition coefficient (Wildman–Crippen LogP) is 5.44. The van der Waals surface area contributed by atoms with Crippen LogP contribution in [0.3, 0.4) is 0 Å². The number of fused-ring (bicyclic) bond motifs is 1. The highest BCUT2D eigenvalue weighted by molar-refractivity contribution is 7.16. The van der Waals surface area contributed by atoms with E-state index >= 15 is 0 Å². The molecule has 3 aromatic rings. The van der Waals surface area contributed by atoms with Crippen molar-refractivity contribution >= 4 is 22.6 Å². The van der Waals surface area contributed by atoms with Gasteiger partial charge in [-0.2, -0.15) is 5.26 Å². The van der Waals surface area contributed by atoms with Crippen LogP contribution in [0.5, 0.6) is 5.75 Å². The van der Waals surface area contributed by atoms with Crippen molar-refractivity contribution in [2.45, 2.75) is 25.9 Å². The van der Waals surface area contributed by atoms with E-state index in [0.29, 0.717) is 6.61 Å². The highest BCUT2D eigenvalue weighted by Crippen LogP contribution is 2.40. The number of ether oxygens (including phenoxy) is 1. The smallest absolute Gasteiger partial charge is 0.134 e. The average molecular weight is 358 g/mol. The van der Waals surface area contributed by atoms with Crippen molar-refractivity contribution in [1.29, 1.82) is 5.26 Å². The summed E-state index contributed by atoms with van der Waals surface area (Å²) in [7, 11) is 0. The van der Waals surface area contributed by atoms with Crippen molar-refractivity contribution in [1.82, 2.24) is 0 Å². The lowest BCUT2D eigenvalue weighted by atomic mass is 10.1. The minimum atomic E-state index is 0.539. The Balaban J connectivity index is 1.49. The fourth-order valence-electron chi connectivity index (χ4n) is 3.15. The minimum absolute atomic E-state index is 0.539. The molecule has 3 nitrogen and oxygen atoms in total. The van der Waals surface area contributed by atoms with Crippen LogP contribution in [0.1, 0.15) is 33.6 Å². The van der Waals surface area contributed by atoms with E-state index in [1.54, 1.807) is 11.3 Å². The van der Waals surface area contributed by atoms with Gasteiger partial charge in [0, 0.05) is 11.1 Å². The third kappa shape index (κ3) is 3.54. The Morgan fingerprint density at radius 1 is 1.12 bits per heavy atom. The summed E-state index contributed by atoms with van der Waals surface area (Å²) >= 11 is 1.65. The Labute approximate surface area is 157 Å². The zero-order valence-corrected chi connectivity index (χ0v) is 15.1. The molecule has 1 aromatic heterocycles. The topological polar surface area (TPSA) is 45.4 Å². The van der Waals surface area contributed by atoms with Gasteiger partial charge in [0.25, 0.3) is 0 Å². The van der Waals surface area contributed by atoms with Crippen LogP contribution in [0.4, 0.5) is 5.00 Å². The zero-order valence-electron chi connectivity index (χ0n) is 14.3. The molecule has 1 heterocycles. The Hall–Kier alpha value is -2.90. The summed E-state index contributed by atoms with van der Waals surface area (Å²) in [5.41, 5.74) is 4.08. The second-order valence-corrected chi connectivity index (χ2v) is 7.34. The quantitative estimate of drug-likeness (QED) is 0.570. The molecule has 4 heteroatoms. The Bertz CT molecular complexity index is 983. The molecule has 0 saturated carbocycles. The molecule has 0 fully saturated rings. The van der Waals surface area contributed by atoms with Gasteiger partial charge in [0.15, 0.2) is 0 Å². The highest BCUT2D eigenvalue weighted by Gasteiger charge is 2.21. The van der Waals surface area contributed by atoms with Crippen molar-refractivity contribution in [2.24, 2.45) is 4.99 Å². The third-order valence-electron chi connectivity index (χ3n) is 4.45. The summed E-state index contributed by atoms with van der Waals surface area (Å²) in [5.74, 6) is 0.812. The second-order valence-electron chi connectivity index (χ2n) is 6.25. The van der Waals surface area contributed by atoms with Crippen LogP contribution in [-0.2, 0) is 19.4 Å². The summed E-state index contributed by atoms with van der Waals surface area (Å²) in [5, 5.41) is 10.3. The lowest BCUT2D eigenvalue weighted by molar-refractivity contribution is 0.306. The number of aryl methyl sites for hydroxylation is 1. The van der Waals surface area contributed by atoms with Crippen LogP contribution >= 0.6 is 11.3 Å². The van der Waals surface area contributed by atoms with E-state index in [0.717, 1.165) is 46.7 Å². The number of thiophene rings is 1. The van der Waals surface area contributed by atoms with Crippen LogP contribution in [-0.4, -0.2) is 6.21 Å². The minimum Gasteiger partial charge on any atom is -0.489 e. The van der Waals surface area contributed by atoms with Gasteiger partial charge >= 0.3 is 0 Å². The first-order valence-electron chi connectivity index (χ1n) is 8.69. The van der Waals surface area contributed by atoms with E-state index in [1.165, 1.54) is 10.4 Å². The molecule has 1 aliphatic rings. The molecule has 0 amide bonds. The number of rotatable bonds is 5. The van der Waals surface area contributed by atoms with Gasteiger partial charge in [0.05, 0.1) is 5.56 Å². The number of hydrogen-bond acceptors (Lipinski definition) is 4. The lowest BCUT2D eigenvalue weighted by Crippen LogP contribution is -1.95. The molecule has 1 aliphatic carbocycles. The first-order valence-corrected chi connectivity index (χ1v) is 9.50. The number of nitriles is 1. The Morgan fingerprint density at radius 2 is 2.00 bits per heavy atom. The van der Waals surface area contributed by atoms with Crippen LogP contribution < -0.4 is 4.74 Å². The van der Waals surface area contributed by atoms with E-state index in [9.17, 15) is 5.26 Å². The van der Waals surface area contributed by atoms with Crippen molar-refractivity contribution < 1.29 is 4.74 Å². The van der Waals surface area contributed by atoms with Gasteiger partial charge in [0.2, 0.25) is 0 Å². The normalized spacial score (nSPS) is 12.9. The fraction of sp³-hybridized carbons (Fsp3) is 0.182. The van der Waals surface area contributed by atoms with Crippen molar-refractivity contribution in [3.05, 3.63) is 81.7 Å². The number of benzene rings is 2. The van der Waals surface area contributed by atoms with E-state index in [1.807, 2.05) is 60.8 Å². The molecule has 26 heavy (non-hydrogen) atoms. The first kappa shape index (κ1) is 16.6. The van der Waals surface area contributed by atoms with Crippen LogP contribution in [0.2, 0.25) is 0 Å². The maximum atomic E-state index is 9.45. The van der Waals surface area contributed by atoms with Gasteiger partial charge in [-0.1, -0.05) is 42.5 Å². The van der Waals surface area contributed by atoms with Gasteiger partial charge in [-0.05, 0) is 48.1 Å². The average Bonchev–Trinajstić information content (AvgIpc) is 3.26. The Kier molecular flexibility index (Phi) is 4.81. The van der Waals surface area contributed by atoms with E-state index < -0.39 is 0 Å². The van der Waals surface area contributed by atoms with Crippen LogP contribution in [0.15, 0.2) is 59.6 Å². The molecule has 0 aliphatic heterocycles. The maximum absolute atomic E-state index is 9.45. The van der Waals surface area contributed by atoms with Gasteiger partial charge < -0.3 is 4.74 Å². The van der Waals surface area contributed by atoms with Gasteiger partial charge in [-0.15, -0.1) is 11.3 Å². The summed E-state index contributed by atoms with van der Waals surface area (Å²) < 4.78 is 5.87. The monoisotopic (exact) mass is 358 g/mol. The Morgan fingerprint density at radius 3 is 2.85 bits per heavy atom. The molecule has 0 radical (unpaired) electrons. The largest absolute Gasteiger partial charge is 0.489 e. The molecule has 0 N–H and O–H groups in total. The maximum Gasteiger partial charge on any atom is 0.134 e. The SMILES string of the molecule is N#Cc1c(N=Cc2cccc(OCc3ccccc3)c2)sc2c1CCC2. The molecule has 4 rings (SSSR count). The molecule has 0 atom stereocenters. The summed E-state index contributed by atoms with van der Waals surface area (Å²) in [4.78, 5) is 5.91. The van der Waals surface area contributed by atoms with Crippen LogP contribution in [0, 0.1) is 11.3 Å². The summed E-state index contributed by atoms with van der Waals surface area (Å²) in [6, 6.07) is 20.3. The molecule has 0 bridgehead atoms. The summed E-state index contributed by atoms with van der Waals surface area (Å²) in [6.45, 7) is 0.539. The van der Waals surface area contributed by atoms with Crippen molar-refractivity contribution in [3.8, 4) is 11.8 Å². The highest BCUT2D eigenvalue weighted by atomic mass is 32.1. The molecular weight excluding hydrogens is 340 g/mol. The summed E-state index contributed by atoms with van der Waals surface area (Å²) in [6.07, 6.45) is 5.05. The van der Waals surface area contributed by atoms with E-state index in [2.05, 4.69) is 11.1 Å². The molecule has 0 spiro atoms. The lowest BCUT2D eigenvalue weighted by Gasteiger charge is -2.06. The van der Waals surface area contributed by atoms with Gasteiger partial charge in [0.1, 0.15) is 23.4 Å². The van der Waals surface area contributed by atoms with Crippen molar-refractivity contribution in [3.63, 3.8) is 0 Å². The molecule has 2 aromatic carbocycles. The molecule has 0 unspecified atom stereocenters. The molecular formula is C22H18N2OS. The fourth-order valence-corrected chi connectivity index (χ4v) is 4.34. The first-order chi connectivity index (χ1) is 12.8. The van der Waals surface area contributed by atoms with Crippen LogP contribution in [0.25, 0.3) is 0 Å². The standard InChI is InChI=1S/C22H18N2OS/c23-13-20-19-10-5-11-21(19)26-22(20)24-14-17-8-4-9-18(12-17)25-15-16-6-2-1-3-7-16/h1-4,6-9,12,14H,5,10-11,15H2. The predicted molar refractivity (Wildman–Crippen MR) is 106 cm³/mol. The zero-order chi connectivity index (χ0) is 17.8. The second kappa shape index (κ2) is 7.55. The van der Waals surface area contributed by atoms with Crippen molar-refractivity contribution in [2.75, 3.05) is 0 Å². The molecule has 0 saturated heterocycles. The molecule has 128 valence electrons. The van der Waals surface area contributed by atoms with Gasteiger partial charge in [-0.3, -0.25) is 0 Å². The number of hydrogen-bond donors (Lipinski definition) is 0. The number of aliphatic imine (C=N–C) groups is 1. The van der Waals surface area contributed by atoms with E-state index in [-0.39, 0.29) is 0 Å². The van der Waals surface area contributed by atoms with E-state index in [4.69, 9.17) is 4.74 Å². The van der Waals surface area contributed by atoms with Gasteiger partial charge in [-0.25, -0.2) is 4.99 Å².